The molecule has 6 nitrogen and oxygen atoms in total. The number of hydrogen-bond acceptors (Lipinski definition) is 4. The van der Waals surface area contributed by atoms with Gasteiger partial charge in [0.25, 0.3) is 0 Å². The molecule has 0 radical (unpaired) electrons. The SMILES string of the molecule is CCCOc1ccc(NC(=O)Cc2ccc3[nH]ccc3c2)nn1. The maximum absolute atomic E-state index is 12.1. The van der Waals surface area contributed by atoms with Crippen molar-refractivity contribution in [2.45, 2.75) is 19.8 Å². The predicted molar refractivity (Wildman–Crippen MR) is 88.5 cm³/mol. The molecule has 3 rings (SSSR count). The minimum Gasteiger partial charge on any atom is -0.477 e. The highest BCUT2D eigenvalue weighted by Gasteiger charge is 2.07. The number of H-pyrrole nitrogens is 1. The lowest BCUT2D eigenvalue weighted by Gasteiger charge is -2.06. The largest absolute Gasteiger partial charge is 0.477 e. The molecule has 2 heterocycles. The van der Waals surface area contributed by atoms with E-state index in [1.54, 1.807) is 12.1 Å². The van der Waals surface area contributed by atoms with E-state index in [1.807, 2.05) is 37.4 Å². The van der Waals surface area contributed by atoms with Gasteiger partial charge in [-0.25, -0.2) is 0 Å². The van der Waals surface area contributed by atoms with Crippen LogP contribution in [0.25, 0.3) is 10.9 Å². The number of amides is 1. The number of fused-ring (bicyclic) bond motifs is 1. The first-order valence-electron chi connectivity index (χ1n) is 7.57. The molecule has 2 N–H and O–H groups in total. The van der Waals surface area contributed by atoms with Crippen LogP contribution < -0.4 is 10.1 Å². The molecular weight excluding hydrogens is 292 g/mol. The number of aromatic nitrogens is 3. The van der Waals surface area contributed by atoms with Crippen molar-refractivity contribution >= 4 is 22.6 Å². The van der Waals surface area contributed by atoms with Crippen LogP contribution in [0.15, 0.2) is 42.6 Å². The van der Waals surface area contributed by atoms with E-state index in [0.717, 1.165) is 22.9 Å². The second-order valence-electron chi connectivity index (χ2n) is 5.23. The molecular formula is C17H18N4O2. The van der Waals surface area contributed by atoms with Crippen molar-refractivity contribution in [1.82, 2.24) is 15.2 Å². The van der Waals surface area contributed by atoms with Gasteiger partial charge >= 0.3 is 0 Å². The number of carbonyl (C=O) groups excluding carboxylic acids is 1. The molecule has 118 valence electrons. The number of nitrogens with zero attached hydrogens (tertiary/aromatic N) is 2. The van der Waals surface area contributed by atoms with Gasteiger partial charge in [-0.2, -0.15) is 0 Å². The lowest BCUT2D eigenvalue weighted by molar-refractivity contribution is -0.115. The molecule has 1 amide bonds. The summed E-state index contributed by atoms with van der Waals surface area (Å²) in [6, 6.07) is 11.3. The Labute approximate surface area is 133 Å². The molecule has 1 aromatic carbocycles. The second-order valence-corrected chi connectivity index (χ2v) is 5.23. The Hall–Kier alpha value is -2.89. The summed E-state index contributed by atoms with van der Waals surface area (Å²) < 4.78 is 5.35. The second kappa shape index (κ2) is 6.91. The topological polar surface area (TPSA) is 79.9 Å². The predicted octanol–water partition coefficient (Wildman–Crippen LogP) is 2.93. The normalized spacial score (nSPS) is 10.7. The average Bonchev–Trinajstić information content (AvgIpc) is 3.02. The number of hydrogen-bond donors (Lipinski definition) is 2. The fourth-order valence-electron chi connectivity index (χ4n) is 2.26. The summed E-state index contributed by atoms with van der Waals surface area (Å²) in [5.41, 5.74) is 2.01. The maximum atomic E-state index is 12.1. The van der Waals surface area contributed by atoms with Crippen molar-refractivity contribution in [2.24, 2.45) is 0 Å². The summed E-state index contributed by atoms with van der Waals surface area (Å²) in [5.74, 6) is 0.751. The van der Waals surface area contributed by atoms with E-state index in [9.17, 15) is 4.79 Å². The van der Waals surface area contributed by atoms with Crippen molar-refractivity contribution in [1.29, 1.82) is 0 Å². The van der Waals surface area contributed by atoms with Crippen LogP contribution in [0.2, 0.25) is 0 Å². The Kier molecular flexibility index (Phi) is 4.52. The Morgan fingerprint density at radius 3 is 2.91 bits per heavy atom. The van der Waals surface area contributed by atoms with E-state index in [1.165, 1.54) is 0 Å². The van der Waals surface area contributed by atoms with Crippen molar-refractivity contribution < 1.29 is 9.53 Å². The van der Waals surface area contributed by atoms with E-state index in [4.69, 9.17) is 4.74 Å². The summed E-state index contributed by atoms with van der Waals surface area (Å²) in [7, 11) is 0. The molecule has 0 saturated heterocycles. The Bertz CT molecular complexity index is 796. The molecule has 0 unspecified atom stereocenters. The quantitative estimate of drug-likeness (QED) is 0.733. The van der Waals surface area contributed by atoms with Crippen LogP contribution in [0.3, 0.4) is 0 Å². The first-order valence-corrected chi connectivity index (χ1v) is 7.57. The highest BCUT2D eigenvalue weighted by Crippen LogP contribution is 2.15. The monoisotopic (exact) mass is 310 g/mol. The van der Waals surface area contributed by atoms with Gasteiger partial charge in [-0.3, -0.25) is 4.79 Å². The number of carbonyl (C=O) groups is 1. The van der Waals surface area contributed by atoms with Crippen LogP contribution in [-0.4, -0.2) is 27.7 Å². The van der Waals surface area contributed by atoms with Crippen molar-refractivity contribution in [3.05, 3.63) is 48.2 Å². The van der Waals surface area contributed by atoms with Gasteiger partial charge in [-0.15, -0.1) is 10.2 Å². The molecule has 23 heavy (non-hydrogen) atoms. The molecule has 0 spiro atoms. The average molecular weight is 310 g/mol. The van der Waals surface area contributed by atoms with Gasteiger partial charge in [0, 0.05) is 17.8 Å². The Balaban J connectivity index is 1.60. The molecule has 0 aliphatic heterocycles. The van der Waals surface area contributed by atoms with Gasteiger partial charge in [0.15, 0.2) is 5.82 Å². The van der Waals surface area contributed by atoms with Crippen molar-refractivity contribution in [2.75, 3.05) is 11.9 Å². The number of nitrogens with one attached hydrogen (secondary N) is 2. The van der Waals surface area contributed by atoms with Gasteiger partial charge in [-0.1, -0.05) is 13.0 Å². The highest BCUT2D eigenvalue weighted by atomic mass is 16.5. The first kappa shape index (κ1) is 15.0. The number of rotatable bonds is 6. The third-order valence-electron chi connectivity index (χ3n) is 3.34. The molecule has 0 bridgehead atoms. The molecule has 0 aliphatic rings. The van der Waals surface area contributed by atoms with Crippen LogP contribution in [0, 0.1) is 0 Å². The van der Waals surface area contributed by atoms with E-state index in [2.05, 4.69) is 20.5 Å². The maximum Gasteiger partial charge on any atom is 0.233 e. The molecule has 6 heteroatoms. The van der Waals surface area contributed by atoms with E-state index >= 15 is 0 Å². The van der Waals surface area contributed by atoms with Gasteiger partial charge in [-0.05, 0) is 41.6 Å². The van der Waals surface area contributed by atoms with E-state index in [0.29, 0.717) is 18.3 Å². The van der Waals surface area contributed by atoms with Crippen molar-refractivity contribution in [3.63, 3.8) is 0 Å². The third-order valence-corrected chi connectivity index (χ3v) is 3.34. The van der Waals surface area contributed by atoms with Crippen molar-refractivity contribution in [3.8, 4) is 5.88 Å². The summed E-state index contributed by atoms with van der Waals surface area (Å²) in [5, 5.41) is 11.7. The lowest BCUT2D eigenvalue weighted by Crippen LogP contribution is -2.15. The van der Waals surface area contributed by atoms with Gasteiger partial charge in [0.1, 0.15) is 0 Å². The summed E-state index contributed by atoms with van der Waals surface area (Å²) in [6.45, 7) is 2.62. The number of anilines is 1. The van der Waals surface area contributed by atoms with Gasteiger partial charge in [0.05, 0.1) is 13.0 Å². The number of ether oxygens (including phenoxy) is 1. The number of benzene rings is 1. The molecule has 0 atom stereocenters. The van der Waals surface area contributed by atoms with Gasteiger partial charge < -0.3 is 15.0 Å². The minimum atomic E-state index is -0.128. The zero-order valence-electron chi connectivity index (χ0n) is 12.9. The summed E-state index contributed by atoms with van der Waals surface area (Å²) in [6.07, 6.45) is 3.08. The highest BCUT2D eigenvalue weighted by molar-refractivity contribution is 5.92. The minimum absolute atomic E-state index is 0.128. The molecule has 0 aliphatic carbocycles. The van der Waals surface area contributed by atoms with E-state index < -0.39 is 0 Å². The summed E-state index contributed by atoms with van der Waals surface area (Å²) in [4.78, 5) is 15.2. The van der Waals surface area contributed by atoms with Crippen LogP contribution in [-0.2, 0) is 11.2 Å². The lowest BCUT2D eigenvalue weighted by atomic mass is 10.1. The molecule has 0 saturated carbocycles. The zero-order valence-corrected chi connectivity index (χ0v) is 12.9. The Morgan fingerprint density at radius 2 is 2.13 bits per heavy atom. The first-order chi connectivity index (χ1) is 11.2. The van der Waals surface area contributed by atoms with E-state index in [-0.39, 0.29) is 12.3 Å². The molecule has 0 fully saturated rings. The fourth-order valence-corrected chi connectivity index (χ4v) is 2.26. The molecule has 3 aromatic rings. The fraction of sp³-hybridized carbons (Fsp3) is 0.235. The van der Waals surface area contributed by atoms with Crippen LogP contribution in [0.4, 0.5) is 5.82 Å². The third kappa shape index (κ3) is 3.85. The van der Waals surface area contributed by atoms with Crippen LogP contribution in [0.1, 0.15) is 18.9 Å². The smallest absolute Gasteiger partial charge is 0.233 e. The van der Waals surface area contributed by atoms with Gasteiger partial charge in [0.2, 0.25) is 11.8 Å². The zero-order chi connectivity index (χ0) is 16.1. The van der Waals surface area contributed by atoms with Crippen LogP contribution in [0.5, 0.6) is 5.88 Å². The standard InChI is InChI=1S/C17H18N4O2/c1-2-9-23-17-6-5-15(20-21-17)19-16(22)11-12-3-4-14-13(10-12)7-8-18-14/h3-8,10,18H,2,9,11H2,1H3,(H,19,20,22). The Morgan fingerprint density at radius 1 is 1.22 bits per heavy atom. The summed E-state index contributed by atoms with van der Waals surface area (Å²) >= 11 is 0. The number of aromatic amines is 1. The molecule has 2 aromatic heterocycles. The van der Waals surface area contributed by atoms with Crippen LogP contribution >= 0.6 is 0 Å².